The molecule has 1 aromatic heterocycles. The summed E-state index contributed by atoms with van der Waals surface area (Å²) in [6.07, 6.45) is 5.91. The molecule has 0 spiro atoms. The zero-order valence-electron chi connectivity index (χ0n) is 12.6. The van der Waals surface area contributed by atoms with Crippen molar-refractivity contribution in [1.82, 2.24) is 9.55 Å². The molecule has 0 aromatic carbocycles. The van der Waals surface area contributed by atoms with Crippen LogP contribution in [0.25, 0.3) is 6.08 Å². The zero-order valence-corrected chi connectivity index (χ0v) is 12.6. The Morgan fingerprint density at radius 2 is 2.27 bits per heavy atom. The molecule has 2 rings (SSSR count). The Kier molecular flexibility index (Phi) is 5.70. The number of aromatic nitrogens is 2. The number of nitrogens with one attached hydrogen (secondary N) is 1. The fourth-order valence-electron chi connectivity index (χ4n) is 2.42. The Bertz CT molecular complexity index is 634. The minimum Gasteiger partial charge on any atom is -0.394 e. The maximum Gasteiger partial charge on any atom is 0.330 e. The maximum atomic E-state index is 11.9. The minimum atomic E-state index is -0.836. The van der Waals surface area contributed by atoms with Crippen LogP contribution in [0.1, 0.15) is 44.4 Å². The topological polar surface area (TPSA) is 105 Å². The summed E-state index contributed by atoms with van der Waals surface area (Å²) in [6, 6.07) is 0. The summed E-state index contributed by atoms with van der Waals surface area (Å²) in [6.45, 7) is 1.76. The number of H-pyrrole nitrogens is 1. The average Bonchev–Trinajstić information content (AvgIpc) is 2.86. The summed E-state index contributed by atoms with van der Waals surface area (Å²) in [5.41, 5.74) is -0.681. The second-order valence-electron chi connectivity index (χ2n) is 5.41. The highest BCUT2D eigenvalue weighted by molar-refractivity contribution is 5.46. The van der Waals surface area contributed by atoms with Gasteiger partial charge in [0.1, 0.15) is 12.3 Å². The molecule has 2 heterocycles. The summed E-state index contributed by atoms with van der Waals surface area (Å²) in [4.78, 5) is 26.0. The van der Waals surface area contributed by atoms with E-state index in [0.29, 0.717) is 5.56 Å². The standard InChI is InChI=1S/C15H22N2O5/c1-2-3-4-5-6-10-8-17(15(21)16-14(10)20)13-7-11(19)12(9-18)22-13/h5-6,8,11-13,18-19H,2-4,7,9H2,1H3,(H,16,20,21)/b6-5+/t11-,12+,13+/m0/s1. The van der Waals surface area contributed by atoms with E-state index in [4.69, 9.17) is 9.84 Å². The number of allylic oxidation sites excluding steroid dienone is 1. The van der Waals surface area contributed by atoms with E-state index in [0.717, 1.165) is 19.3 Å². The monoisotopic (exact) mass is 310 g/mol. The average molecular weight is 310 g/mol. The van der Waals surface area contributed by atoms with Crippen molar-refractivity contribution in [3.05, 3.63) is 38.7 Å². The highest BCUT2D eigenvalue weighted by atomic mass is 16.5. The first-order valence-corrected chi connectivity index (χ1v) is 7.53. The fraction of sp³-hybridized carbons (Fsp3) is 0.600. The van der Waals surface area contributed by atoms with Gasteiger partial charge in [-0.05, 0) is 6.42 Å². The van der Waals surface area contributed by atoms with E-state index in [1.54, 1.807) is 6.08 Å². The fourth-order valence-corrected chi connectivity index (χ4v) is 2.42. The number of rotatable bonds is 6. The van der Waals surface area contributed by atoms with Crippen molar-refractivity contribution in [2.45, 2.75) is 51.0 Å². The Morgan fingerprint density at radius 1 is 1.50 bits per heavy atom. The molecule has 3 atom stereocenters. The highest BCUT2D eigenvalue weighted by Gasteiger charge is 2.35. The first-order valence-electron chi connectivity index (χ1n) is 7.53. The first kappa shape index (κ1) is 16.7. The smallest absolute Gasteiger partial charge is 0.330 e. The van der Waals surface area contributed by atoms with Crippen molar-refractivity contribution < 1.29 is 14.9 Å². The van der Waals surface area contributed by atoms with Gasteiger partial charge in [-0.2, -0.15) is 0 Å². The van der Waals surface area contributed by atoms with Crippen molar-refractivity contribution in [2.24, 2.45) is 0 Å². The third kappa shape index (κ3) is 3.73. The van der Waals surface area contributed by atoms with Crippen molar-refractivity contribution >= 4 is 6.08 Å². The van der Waals surface area contributed by atoms with Crippen molar-refractivity contribution in [3.8, 4) is 0 Å². The quantitative estimate of drug-likeness (QED) is 0.659. The predicted octanol–water partition coefficient (Wildman–Crippen LogP) is 0.381. The second-order valence-corrected chi connectivity index (χ2v) is 5.41. The molecule has 1 saturated heterocycles. The van der Waals surface area contributed by atoms with Crippen molar-refractivity contribution in [3.63, 3.8) is 0 Å². The summed E-state index contributed by atoms with van der Waals surface area (Å²) >= 11 is 0. The lowest BCUT2D eigenvalue weighted by Crippen LogP contribution is -2.33. The summed E-state index contributed by atoms with van der Waals surface area (Å²) < 4.78 is 6.69. The molecule has 0 saturated carbocycles. The Balaban J connectivity index is 2.24. The summed E-state index contributed by atoms with van der Waals surface area (Å²) in [5.74, 6) is 0. The zero-order chi connectivity index (χ0) is 16.1. The van der Waals surface area contributed by atoms with Crippen LogP contribution in [0.5, 0.6) is 0 Å². The molecule has 7 heteroatoms. The van der Waals surface area contributed by atoms with Crippen LogP contribution >= 0.6 is 0 Å². The Hall–Kier alpha value is -1.70. The SMILES string of the molecule is CCCC/C=C/c1cn([C@H]2C[C@H](O)[C@@H](CO)O2)c(=O)[nH]c1=O. The van der Waals surface area contributed by atoms with Gasteiger partial charge in [0.05, 0.1) is 18.3 Å². The van der Waals surface area contributed by atoms with Gasteiger partial charge < -0.3 is 14.9 Å². The molecule has 1 aliphatic rings. The Morgan fingerprint density at radius 3 is 2.91 bits per heavy atom. The van der Waals surface area contributed by atoms with Crippen molar-refractivity contribution in [1.29, 1.82) is 0 Å². The number of hydrogen-bond acceptors (Lipinski definition) is 5. The third-order valence-electron chi connectivity index (χ3n) is 3.71. The van der Waals surface area contributed by atoms with Gasteiger partial charge in [0.2, 0.25) is 0 Å². The van der Waals surface area contributed by atoms with Crippen LogP contribution < -0.4 is 11.2 Å². The van der Waals surface area contributed by atoms with Gasteiger partial charge in [-0.25, -0.2) is 4.79 Å². The van der Waals surface area contributed by atoms with E-state index < -0.39 is 29.7 Å². The molecule has 0 amide bonds. The number of aliphatic hydroxyl groups excluding tert-OH is 2. The lowest BCUT2D eigenvalue weighted by atomic mass is 10.2. The highest BCUT2D eigenvalue weighted by Crippen LogP contribution is 2.27. The van der Waals surface area contributed by atoms with Gasteiger partial charge in [-0.3, -0.25) is 14.3 Å². The molecule has 1 aromatic rings. The molecule has 1 aliphatic heterocycles. The molecule has 0 aliphatic carbocycles. The number of aromatic amines is 1. The van der Waals surface area contributed by atoms with Crippen LogP contribution in [-0.2, 0) is 4.74 Å². The van der Waals surface area contributed by atoms with Crippen LogP contribution in [0.2, 0.25) is 0 Å². The number of unbranched alkanes of at least 4 members (excludes halogenated alkanes) is 2. The van der Waals surface area contributed by atoms with E-state index in [2.05, 4.69) is 11.9 Å². The van der Waals surface area contributed by atoms with Crippen LogP contribution in [0.15, 0.2) is 21.9 Å². The van der Waals surface area contributed by atoms with Crippen molar-refractivity contribution in [2.75, 3.05) is 6.61 Å². The van der Waals surface area contributed by atoms with E-state index in [1.807, 2.05) is 6.08 Å². The molecule has 0 radical (unpaired) electrons. The molecule has 1 fully saturated rings. The number of aliphatic hydroxyl groups is 2. The van der Waals surface area contributed by atoms with Crippen LogP contribution in [0.4, 0.5) is 0 Å². The molecule has 0 bridgehead atoms. The van der Waals surface area contributed by atoms with Gasteiger partial charge in [-0.15, -0.1) is 0 Å². The van der Waals surface area contributed by atoms with Gasteiger partial charge in [0, 0.05) is 12.6 Å². The third-order valence-corrected chi connectivity index (χ3v) is 3.71. The molecule has 3 N–H and O–H groups in total. The van der Waals surface area contributed by atoms with Gasteiger partial charge in [0.25, 0.3) is 5.56 Å². The van der Waals surface area contributed by atoms with Crippen LogP contribution in [0.3, 0.4) is 0 Å². The maximum absolute atomic E-state index is 11.9. The van der Waals surface area contributed by atoms with E-state index in [9.17, 15) is 14.7 Å². The van der Waals surface area contributed by atoms with E-state index >= 15 is 0 Å². The van der Waals surface area contributed by atoms with Gasteiger partial charge in [-0.1, -0.05) is 31.9 Å². The number of ether oxygens (including phenoxy) is 1. The summed E-state index contributed by atoms with van der Waals surface area (Å²) in [7, 11) is 0. The van der Waals surface area contributed by atoms with E-state index in [-0.39, 0.29) is 13.0 Å². The van der Waals surface area contributed by atoms with Crippen LogP contribution in [0, 0.1) is 0 Å². The number of nitrogens with zero attached hydrogens (tertiary/aromatic N) is 1. The van der Waals surface area contributed by atoms with E-state index in [1.165, 1.54) is 10.8 Å². The predicted molar refractivity (Wildman–Crippen MR) is 81.5 cm³/mol. The lowest BCUT2D eigenvalue weighted by molar-refractivity contribution is -0.0459. The largest absolute Gasteiger partial charge is 0.394 e. The van der Waals surface area contributed by atoms with Crippen LogP contribution in [-0.4, -0.2) is 38.6 Å². The summed E-state index contributed by atoms with van der Waals surface area (Å²) in [5, 5.41) is 18.8. The molecule has 122 valence electrons. The first-order chi connectivity index (χ1) is 10.6. The van der Waals surface area contributed by atoms with Gasteiger partial charge >= 0.3 is 5.69 Å². The normalized spacial score (nSPS) is 25.1. The lowest BCUT2D eigenvalue weighted by Gasteiger charge is -2.14. The molecule has 22 heavy (non-hydrogen) atoms. The molecular weight excluding hydrogens is 288 g/mol. The minimum absolute atomic E-state index is 0.191. The molecular formula is C15H22N2O5. The molecule has 7 nitrogen and oxygen atoms in total. The van der Waals surface area contributed by atoms with Gasteiger partial charge in [0.15, 0.2) is 0 Å². The number of hydrogen-bond donors (Lipinski definition) is 3. The Labute approximate surface area is 127 Å². The second kappa shape index (κ2) is 7.53. The molecule has 0 unspecified atom stereocenters.